The van der Waals surface area contributed by atoms with Gasteiger partial charge in [-0.1, -0.05) is 12.1 Å². The SMILES string of the molecule is N#Cc1ccc(NCC(=O)NCC2(c3ccc(F)cc3)CCOCC2)cc1. The van der Waals surface area contributed by atoms with E-state index in [4.69, 9.17) is 10.00 Å². The molecule has 0 atom stereocenters. The number of hydrogen-bond acceptors (Lipinski definition) is 4. The number of hydrogen-bond donors (Lipinski definition) is 2. The van der Waals surface area contributed by atoms with Gasteiger partial charge in [-0.2, -0.15) is 5.26 Å². The molecule has 1 saturated heterocycles. The number of benzene rings is 2. The highest BCUT2D eigenvalue weighted by atomic mass is 19.1. The van der Waals surface area contributed by atoms with Gasteiger partial charge in [-0.15, -0.1) is 0 Å². The van der Waals surface area contributed by atoms with Crippen LogP contribution in [0.3, 0.4) is 0 Å². The molecule has 6 heteroatoms. The number of rotatable bonds is 6. The Kier molecular flexibility index (Phi) is 6.05. The second-order valence-electron chi connectivity index (χ2n) is 6.72. The van der Waals surface area contributed by atoms with Gasteiger partial charge in [-0.3, -0.25) is 4.79 Å². The van der Waals surface area contributed by atoms with Crippen molar-refractivity contribution in [3.05, 3.63) is 65.5 Å². The number of carbonyl (C=O) groups excluding carboxylic acids is 1. The summed E-state index contributed by atoms with van der Waals surface area (Å²) >= 11 is 0. The molecule has 3 rings (SSSR count). The van der Waals surface area contributed by atoms with Crippen LogP contribution in [-0.4, -0.2) is 32.2 Å². The zero-order valence-electron chi connectivity index (χ0n) is 15.0. The van der Waals surface area contributed by atoms with Gasteiger partial charge >= 0.3 is 0 Å². The average molecular weight is 367 g/mol. The highest BCUT2D eigenvalue weighted by molar-refractivity contribution is 5.80. The molecule has 0 spiro atoms. The molecule has 0 aromatic heterocycles. The molecular formula is C21H22FN3O2. The first kappa shape index (κ1) is 18.9. The Bertz CT molecular complexity index is 807. The first-order valence-corrected chi connectivity index (χ1v) is 8.96. The Morgan fingerprint density at radius 2 is 1.78 bits per heavy atom. The van der Waals surface area contributed by atoms with E-state index in [1.807, 2.05) is 0 Å². The maximum absolute atomic E-state index is 13.3. The number of nitrogens with one attached hydrogen (secondary N) is 2. The molecule has 1 aliphatic rings. The largest absolute Gasteiger partial charge is 0.381 e. The van der Waals surface area contributed by atoms with Gasteiger partial charge in [0.15, 0.2) is 0 Å². The van der Waals surface area contributed by atoms with Crippen LogP contribution in [0, 0.1) is 17.1 Å². The zero-order chi connectivity index (χ0) is 19.1. The zero-order valence-corrected chi connectivity index (χ0v) is 15.0. The molecule has 0 unspecified atom stereocenters. The molecule has 5 nitrogen and oxygen atoms in total. The predicted molar refractivity (Wildman–Crippen MR) is 101 cm³/mol. The van der Waals surface area contributed by atoms with Crippen LogP contribution in [-0.2, 0) is 14.9 Å². The molecule has 1 heterocycles. The second kappa shape index (κ2) is 8.65. The molecular weight excluding hydrogens is 345 g/mol. The molecule has 0 saturated carbocycles. The summed E-state index contributed by atoms with van der Waals surface area (Å²) in [6.07, 6.45) is 1.56. The fourth-order valence-corrected chi connectivity index (χ4v) is 3.31. The average Bonchev–Trinajstić information content (AvgIpc) is 2.72. The van der Waals surface area contributed by atoms with Gasteiger partial charge in [0.05, 0.1) is 18.2 Å². The lowest BCUT2D eigenvalue weighted by Gasteiger charge is -2.38. The first-order valence-electron chi connectivity index (χ1n) is 8.96. The Morgan fingerprint density at radius 3 is 2.41 bits per heavy atom. The van der Waals surface area contributed by atoms with Crippen molar-refractivity contribution in [3.8, 4) is 6.07 Å². The molecule has 0 bridgehead atoms. The van der Waals surface area contributed by atoms with Gasteiger partial charge in [0.2, 0.25) is 5.91 Å². The Balaban J connectivity index is 1.58. The number of ether oxygens (including phenoxy) is 1. The Labute approximate surface area is 158 Å². The van der Waals surface area contributed by atoms with Crippen LogP contribution in [0.2, 0.25) is 0 Å². The van der Waals surface area contributed by atoms with E-state index in [1.165, 1.54) is 12.1 Å². The minimum absolute atomic E-state index is 0.118. The third-order valence-electron chi connectivity index (χ3n) is 5.00. The molecule has 140 valence electrons. The van der Waals surface area contributed by atoms with E-state index in [9.17, 15) is 9.18 Å². The quantitative estimate of drug-likeness (QED) is 0.823. The number of halogens is 1. The number of nitrogens with zero attached hydrogens (tertiary/aromatic N) is 1. The third-order valence-corrected chi connectivity index (χ3v) is 5.00. The van der Waals surface area contributed by atoms with Crippen molar-refractivity contribution in [1.29, 1.82) is 5.26 Å². The molecule has 2 aromatic rings. The van der Waals surface area contributed by atoms with Crippen LogP contribution in [0.1, 0.15) is 24.0 Å². The number of anilines is 1. The van der Waals surface area contributed by atoms with Crippen LogP contribution >= 0.6 is 0 Å². The van der Waals surface area contributed by atoms with Gasteiger partial charge in [-0.05, 0) is 54.8 Å². The van der Waals surface area contributed by atoms with Gasteiger partial charge in [-0.25, -0.2) is 4.39 Å². The van der Waals surface area contributed by atoms with Crippen molar-refractivity contribution in [1.82, 2.24) is 5.32 Å². The normalized spacial score (nSPS) is 15.6. The molecule has 0 radical (unpaired) electrons. The van der Waals surface area contributed by atoms with Gasteiger partial charge in [0, 0.05) is 30.9 Å². The summed E-state index contributed by atoms with van der Waals surface area (Å²) in [5.74, 6) is -0.385. The maximum Gasteiger partial charge on any atom is 0.239 e. The minimum Gasteiger partial charge on any atom is -0.381 e. The predicted octanol–water partition coefficient (Wildman–Crippen LogP) is 2.97. The first-order chi connectivity index (χ1) is 13.1. The molecule has 1 aliphatic heterocycles. The molecule has 2 aromatic carbocycles. The summed E-state index contributed by atoms with van der Waals surface area (Å²) < 4.78 is 18.8. The van der Waals surface area contributed by atoms with Crippen LogP contribution < -0.4 is 10.6 Å². The van der Waals surface area contributed by atoms with E-state index in [1.54, 1.807) is 36.4 Å². The van der Waals surface area contributed by atoms with Crippen molar-refractivity contribution in [2.24, 2.45) is 0 Å². The van der Waals surface area contributed by atoms with Crippen LogP contribution in [0.15, 0.2) is 48.5 Å². The van der Waals surface area contributed by atoms with Gasteiger partial charge < -0.3 is 15.4 Å². The van der Waals surface area contributed by atoms with Crippen molar-refractivity contribution >= 4 is 11.6 Å². The molecule has 0 aliphatic carbocycles. The van der Waals surface area contributed by atoms with Crippen molar-refractivity contribution < 1.29 is 13.9 Å². The summed E-state index contributed by atoms with van der Waals surface area (Å²) in [6, 6.07) is 15.5. The lowest BCUT2D eigenvalue weighted by atomic mass is 9.74. The number of nitriles is 1. The fraction of sp³-hybridized carbons (Fsp3) is 0.333. The van der Waals surface area contributed by atoms with E-state index in [0.29, 0.717) is 25.3 Å². The van der Waals surface area contributed by atoms with Gasteiger partial charge in [0.1, 0.15) is 5.82 Å². The van der Waals surface area contributed by atoms with E-state index in [0.717, 1.165) is 24.1 Å². The van der Waals surface area contributed by atoms with Crippen molar-refractivity contribution in [3.63, 3.8) is 0 Å². The van der Waals surface area contributed by atoms with Crippen molar-refractivity contribution in [2.45, 2.75) is 18.3 Å². The lowest BCUT2D eigenvalue weighted by molar-refractivity contribution is -0.119. The summed E-state index contributed by atoms with van der Waals surface area (Å²) in [4.78, 5) is 12.3. The summed E-state index contributed by atoms with van der Waals surface area (Å²) in [5, 5.41) is 14.9. The van der Waals surface area contributed by atoms with Crippen LogP contribution in [0.25, 0.3) is 0 Å². The second-order valence-corrected chi connectivity index (χ2v) is 6.72. The summed E-state index contributed by atoms with van der Waals surface area (Å²) in [5.41, 5.74) is 2.14. The van der Waals surface area contributed by atoms with Crippen LogP contribution in [0.5, 0.6) is 0 Å². The monoisotopic (exact) mass is 367 g/mol. The van der Waals surface area contributed by atoms with Gasteiger partial charge in [0.25, 0.3) is 0 Å². The highest BCUT2D eigenvalue weighted by Crippen LogP contribution is 2.34. The van der Waals surface area contributed by atoms with E-state index >= 15 is 0 Å². The van der Waals surface area contributed by atoms with Crippen molar-refractivity contribution in [2.75, 3.05) is 31.6 Å². The Hall–Kier alpha value is -2.91. The smallest absolute Gasteiger partial charge is 0.239 e. The molecule has 27 heavy (non-hydrogen) atoms. The summed E-state index contributed by atoms with van der Waals surface area (Å²) in [6.45, 7) is 1.87. The Morgan fingerprint density at radius 1 is 1.11 bits per heavy atom. The van der Waals surface area contributed by atoms with Crippen LogP contribution in [0.4, 0.5) is 10.1 Å². The molecule has 2 N–H and O–H groups in total. The molecule has 1 fully saturated rings. The van der Waals surface area contributed by atoms with E-state index in [-0.39, 0.29) is 23.7 Å². The number of carbonyl (C=O) groups is 1. The molecule has 1 amide bonds. The van der Waals surface area contributed by atoms with E-state index in [2.05, 4.69) is 16.7 Å². The number of amides is 1. The maximum atomic E-state index is 13.3. The highest BCUT2D eigenvalue weighted by Gasteiger charge is 2.34. The fourth-order valence-electron chi connectivity index (χ4n) is 3.31. The van der Waals surface area contributed by atoms with E-state index < -0.39 is 0 Å². The third kappa shape index (κ3) is 4.83. The standard InChI is InChI=1S/C21H22FN3O2/c22-18-5-3-17(4-6-18)21(9-11-27-12-10-21)15-25-20(26)14-24-19-7-1-16(13-23)2-8-19/h1-8,24H,9-12,14-15H2,(H,25,26). The topological polar surface area (TPSA) is 74.2 Å². The lowest BCUT2D eigenvalue weighted by Crippen LogP contribution is -2.45. The summed E-state index contributed by atoms with van der Waals surface area (Å²) in [7, 11) is 0. The minimum atomic E-state index is -0.267.